The van der Waals surface area contributed by atoms with E-state index in [1.165, 1.54) is 24.1 Å². The van der Waals surface area contributed by atoms with Crippen molar-refractivity contribution >= 4 is 0 Å². The van der Waals surface area contributed by atoms with Crippen LogP contribution in [0.5, 0.6) is 0 Å². The summed E-state index contributed by atoms with van der Waals surface area (Å²) in [5.41, 5.74) is 3.35. The second-order valence-electron chi connectivity index (χ2n) is 7.71. The second-order valence-corrected chi connectivity index (χ2v) is 7.71. The molecule has 0 N–H and O–H groups in total. The minimum absolute atomic E-state index is 0.189. The lowest BCUT2D eigenvalue weighted by Crippen LogP contribution is -2.10. The molecule has 2 aromatic rings. The van der Waals surface area contributed by atoms with E-state index in [2.05, 4.69) is 16.0 Å². The summed E-state index contributed by atoms with van der Waals surface area (Å²) in [6, 6.07) is 6.80. The van der Waals surface area contributed by atoms with E-state index in [1.54, 1.807) is 6.07 Å². The molecule has 138 valence electrons. The van der Waals surface area contributed by atoms with Gasteiger partial charge in [0.25, 0.3) is 0 Å². The van der Waals surface area contributed by atoms with E-state index in [9.17, 15) is 13.2 Å². The number of nitrogens with zero attached hydrogens (tertiary/aromatic N) is 2. The fourth-order valence-corrected chi connectivity index (χ4v) is 3.92. The van der Waals surface area contributed by atoms with Gasteiger partial charge < -0.3 is 0 Å². The highest BCUT2D eigenvalue weighted by Crippen LogP contribution is 2.51. The fourth-order valence-electron chi connectivity index (χ4n) is 3.92. The first-order valence-corrected chi connectivity index (χ1v) is 9.42. The molecule has 2 atom stereocenters. The predicted molar refractivity (Wildman–Crippen MR) is 94.0 cm³/mol. The zero-order valence-corrected chi connectivity index (χ0v) is 14.9. The highest BCUT2D eigenvalue weighted by atomic mass is 19.4. The topological polar surface area (TPSA) is 25.8 Å². The third-order valence-electron chi connectivity index (χ3n) is 5.61. The number of aromatic nitrogens is 2. The van der Waals surface area contributed by atoms with Gasteiger partial charge >= 0.3 is 6.18 Å². The van der Waals surface area contributed by atoms with Crippen molar-refractivity contribution in [3.63, 3.8) is 0 Å². The van der Waals surface area contributed by atoms with Crippen molar-refractivity contribution in [2.75, 3.05) is 0 Å². The first-order valence-electron chi connectivity index (χ1n) is 9.42. The van der Waals surface area contributed by atoms with Crippen LogP contribution in [0.25, 0.3) is 0 Å². The van der Waals surface area contributed by atoms with E-state index in [0.29, 0.717) is 17.5 Å². The van der Waals surface area contributed by atoms with Gasteiger partial charge in [-0.25, -0.2) is 4.98 Å². The standard InChI is InChI=1S/C21H23F3N2/c1-13-7-10-18(21(22,23)24)26-19(13)17-12-16(17)5-2-4-14-6-3-11-25-20(14)15-8-9-15/h3,6-7,10-11,15-17H,2,4-5,8-9,12H2,1H3. The molecule has 2 aromatic heterocycles. The Hall–Kier alpha value is -1.91. The van der Waals surface area contributed by atoms with Gasteiger partial charge in [0.1, 0.15) is 5.69 Å². The maximum atomic E-state index is 12.9. The zero-order chi connectivity index (χ0) is 18.3. The quantitative estimate of drug-likeness (QED) is 0.650. The first kappa shape index (κ1) is 17.5. The summed E-state index contributed by atoms with van der Waals surface area (Å²) >= 11 is 0. The molecule has 2 fully saturated rings. The minimum Gasteiger partial charge on any atom is -0.261 e. The van der Waals surface area contributed by atoms with Gasteiger partial charge in [-0.1, -0.05) is 12.1 Å². The molecule has 2 aliphatic carbocycles. The van der Waals surface area contributed by atoms with Crippen molar-refractivity contribution in [3.05, 3.63) is 58.7 Å². The maximum Gasteiger partial charge on any atom is 0.433 e. The smallest absolute Gasteiger partial charge is 0.261 e. The Morgan fingerprint density at radius 3 is 2.65 bits per heavy atom. The molecule has 0 amide bonds. The van der Waals surface area contributed by atoms with Crippen molar-refractivity contribution in [1.82, 2.24) is 9.97 Å². The van der Waals surface area contributed by atoms with Crippen molar-refractivity contribution in [2.45, 2.75) is 63.5 Å². The van der Waals surface area contributed by atoms with Crippen LogP contribution in [0.1, 0.15) is 72.1 Å². The van der Waals surface area contributed by atoms with Crippen LogP contribution in [0.2, 0.25) is 0 Å². The average Bonchev–Trinajstić information content (AvgIpc) is 3.50. The third-order valence-corrected chi connectivity index (χ3v) is 5.61. The molecule has 26 heavy (non-hydrogen) atoms. The largest absolute Gasteiger partial charge is 0.433 e. The summed E-state index contributed by atoms with van der Waals surface area (Å²) in [6.45, 7) is 1.86. The molecule has 5 heteroatoms. The average molecular weight is 360 g/mol. The van der Waals surface area contributed by atoms with Crippen LogP contribution in [0, 0.1) is 12.8 Å². The van der Waals surface area contributed by atoms with E-state index in [-0.39, 0.29) is 5.92 Å². The molecule has 2 heterocycles. The highest BCUT2D eigenvalue weighted by molar-refractivity contribution is 5.30. The van der Waals surface area contributed by atoms with E-state index in [1.807, 2.05) is 19.2 Å². The fraction of sp³-hybridized carbons (Fsp3) is 0.524. The van der Waals surface area contributed by atoms with Gasteiger partial charge in [-0.05, 0) is 74.6 Å². The van der Waals surface area contributed by atoms with E-state index >= 15 is 0 Å². The molecular weight excluding hydrogens is 337 g/mol. The van der Waals surface area contributed by atoms with Gasteiger partial charge in [0.05, 0.1) is 0 Å². The second kappa shape index (κ2) is 6.67. The number of alkyl halides is 3. The van der Waals surface area contributed by atoms with Gasteiger partial charge in [-0.3, -0.25) is 4.98 Å². The Bertz CT molecular complexity index is 796. The SMILES string of the molecule is Cc1ccc(C(F)(F)F)nc1C1CC1CCCc1cccnc1C1CC1. The molecule has 0 saturated heterocycles. The number of hydrogen-bond acceptors (Lipinski definition) is 2. The number of aryl methyl sites for hydroxylation is 2. The summed E-state index contributed by atoms with van der Waals surface area (Å²) in [5.74, 6) is 1.30. The monoisotopic (exact) mass is 360 g/mol. The third kappa shape index (κ3) is 3.76. The first-order chi connectivity index (χ1) is 12.4. The summed E-state index contributed by atoms with van der Waals surface area (Å²) in [5, 5.41) is 0. The van der Waals surface area contributed by atoms with Crippen molar-refractivity contribution < 1.29 is 13.2 Å². The zero-order valence-electron chi connectivity index (χ0n) is 14.9. The van der Waals surface area contributed by atoms with Crippen molar-refractivity contribution in [3.8, 4) is 0 Å². The van der Waals surface area contributed by atoms with Gasteiger partial charge in [0.15, 0.2) is 0 Å². The molecule has 0 aromatic carbocycles. The Morgan fingerprint density at radius 2 is 1.92 bits per heavy atom. The molecule has 2 nitrogen and oxygen atoms in total. The summed E-state index contributed by atoms with van der Waals surface area (Å²) in [7, 11) is 0. The lowest BCUT2D eigenvalue weighted by molar-refractivity contribution is -0.141. The number of pyridine rings is 2. The van der Waals surface area contributed by atoms with Crippen LogP contribution < -0.4 is 0 Å². The number of halogens is 3. The maximum absolute atomic E-state index is 12.9. The van der Waals surface area contributed by atoms with Crippen molar-refractivity contribution in [1.29, 1.82) is 0 Å². The molecule has 0 aliphatic heterocycles. The molecule has 0 radical (unpaired) electrons. The van der Waals surface area contributed by atoms with Crippen LogP contribution in [-0.2, 0) is 12.6 Å². The van der Waals surface area contributed by atoms with Crippen LogP contribution >= 0.6 is 0 Å². The van der Waals surface area contributed by atoms with Gasteiger partial charge in [-0.15, -0.1) is 0 Å². The normalized spacial score (nSPS) is 22.5. The Labute approximate surface area is 151 Å². The molecule has 2 unspecified atom stereocenters. The van der Waals surface area contributed by atoms with E-state index < -0.39 is 11.9 Å². The van der Waals surface area contributed by atoms with Gasteiger partial charge in [-0.2, -0.15) is 13.2 Å². The number of rotatable bonds is 6. The van der Waals surface area contributed by atoms with Crippen LogP contribution in [0.15, 0.2) is 30.5 Å². The van der Waals surface area contributed by atoms with E-state index in [4.69, 9.17) is 0 Å². The van der Waals surface area contributed by atoms with Crippen LogP contribution in [-0.4, -0.2) is 9.97 Å². The molecular formula is C21H23F3N2. The lowest BCUT2D eigenvalue weighted by Gasteiger charge is -2.10. The van der Waals surface area contributed by atoms with Crippen LogP contribution in [0.4, 0.5) is 13.2 Å². The summed E-state index contributed by atoms with van der Waals surface area (Å²) < 4.78 is 38.7. The van der Waals surface area contributed by atoms with E-state index in [0.717, 1.165) is 37.3 Å². The van der Waals surface area contributed by atoms with Gasteiger partial charge in [0, 0.05) is 29.4 Å². The molecule has 0 spiro atoms. The number of hydrogen-bond donors (Lipinski definition) is 0. The Morgan fingerprint density at radius 1 is 1.12 bits per heavy atom. The summed E-state index contributed by atoms with van der Waals surface area (Å²) in [6.07, 6.45) is 4.06. The van der Waals surface area contributed by atoms with Gasteiger partial charge in [0.2, 0.25) is 0 Å². The Kier molecular flexibility index (Phi) is 4.49. The molecule has 2 aliphatic rings. The molecule has 4 rings (SSSR count). The Balaban J connectivity index is 1.35. The van der Waals surface area contributed by atoms with Crippen molar-refractivity contribution in [2.24, 2.45) is 5.92 Å². The molecule has 0 bridgehead atoms. The predicted octanol–water partition coefficient (Wildman–Crippen LogP) is 5.81. The minimum atomic E-state index is -4.37. The molecule has 2 saturated carbocycles. The summed E-state index contributed by atoms with van der Waals surface area (Å²) in [4.78, 5) is 8.48. The van der Waals surface area contributed by atoms with Crippen LogP contribution in [0.3, 0.4) is 0 Å². The highest BCUT2D eigenvalue weighted by Gasteiger charge is 2.41. The lowest BCUT2D eigenvalue weighted by atomic mass is 10.0.